The first-order valence-corrected chi connectivity index (χ1v) is 6.34. The predicted molar refractivity (Wildman–Crippen MR) is 74.2 cm³/mol. The molecule has 3 rings (SSSR count). The van der Waals surface area contributed by atoms with E-state index in [2.05, 4.69) is 15.7 Å². The summed E-state index contributed by atoms with van der Waals surface area (Å²) in [6.07, 6.45) is 3.15. The van der Waals surface area contributed by atoms with Crippen molar-refractivity contribution in [3.63, 3.8) is 0 Å². The molecule has 2 aromatic heterocycles. The Bertz CT molecular complexity index is 694. The summed E-state index contributed by atoms with van der Waals surface area (Å²) in [4.78, 5) is 0. The summed E-state index contributed by atoms with van der Waals surface area (Å²) in [7, 11) is 0. The fraction of sp³-hybridized carbons (Fsp3) is 0.0769. The summed E-state index contributed by atoms with van der Waals surface area (Å²) in [6, 6.07) is 11.1. The highest BCUT2D eigenvalue weighted by Crippen LogP contribution is 2.29. The normalized spacial score (nSPS) is 12.5. The predicted octanol–water partition coefficient (Wildman–Crippen LogP) is 2.07. The van der Waals surface area contributed by atoms with Gasteiger partial charge in [0, 0.05) is 5.56 Å². The van der Waals surface area contributed by atoms with Crippen LogP contribution in [0.3, 0.4) is 0 Å². The van der Waals surface area contributed by atoms with Gasteiger partial charge < -0.3 is 4.42 Å². The molecule has 0 saturated heterocycles. The van der Waals surface area contributed by atoms with Crippen molar-refractivity contribution in [1.82, 2.24) is 20.4 Å². The molecule has 0 spiro atoms. The van der Waals surface area contributed by atoms with Gasteiger partial charge in [0.2, 0.25) is 0 Å². The van der Waals surface area contributed by atoms with Crippen LogP contribution in [0.4, 0.5) is 0 Å². The molecule has 0 aliphatic carbocycles. The molecular formula is C13H12ClN5O. The molecule has 3 aromatic rings. The summed E-state index contributed by atoms with van der Waals surface area (Å²) in [5, 5.41) is 8.33. The molecule has 102 valence electrons. The van der Waals surface area contributed by atoms with Crippen LogP contribution in [0.15, 0.2) is 53.3 Å². The topological polar surface area (TPSA) is 81.9 Å². The zero-order chi connectivity index (χ0) is 13.9. The van der Waals surface area contributed by atoms with E-state index in [1.165, 1.54) is 6.26 Å². The van der Waals surface area contributed by atoms with Gasteiger partial charge in [0.15, 0.2) is 5.22 Å². The lowest BCUT2D eigenvalue weighted by Gasteiger charge is -2.15. The Hall–Kier alpha value is -2.15. The van der Waals surface area contributed by atoms with Gasteiger partial charge in [0.25, 0.3) is 0 Å². The quantitative estimate of drug-likeness (QED) is 0.567. The molecule has 20 heavy (non-hydrogen) atoms. The van der Waals surface area contributed by atoms with E-state index in [4.69, 9.17) is 21.9 Å². The molecular weight excluding hydrogens is 278 g/mol. The largest absolute Gasteiger partial charge is 0.453 e. The van der Waals surface area contributed by atoms with E-state index in [0.717, 1.165) is 16.9 Å². The second-order valence-corrected chi connectivity index (χ2v) is 4.50. The van der Waals surface area contributed by atoms with E-state index < -0.39 is 0 Å². The number of nitrogens with one attached hydrogen (secondary N) is 1. The third-order valence-corrected chi connectivity index (χ3v) is 3.30. The molecule has 6 nitrogen and oxygen atoms in total. The number of benzene rings is 1. The Kier molecular flexibility index (Phi) is 3.51. The molecule has 0 amide bonds. The standard InChI is InChI=1S/C13H12ClN5O/c14-13-10(6-7-20-13)12(17-15)11-8-16-18-19(11)9-4-2-1-3-5-9/h1-8,12,17H,15H2. The maximum absolute atomic E-state index is 6.02. The minimum atomic E-state index is -0.364. The van der Waals surface area contributed by atoms with E-state index in [9.17, 15) is 0 Å². The summed E-state index contributed by atoms with van der Waals surface area (Å²) >= 11 is 6.02. The van der Waals surface area contributed by atoms with Crippen molar-refractivity contribution in [2.45, 2.75) is 6.04 Å². The van der Waals surface area contributed by atoms with Crippen molar-refractivity contribution in [2.75, 3.05) is 0 Å². The van der Waals surface area contributed by atoms with Crippen LogP contribution in [0, 0.1) is 0 Å². The van der Waals surface area contributed by atoms with E-state index in [0.29, 0.717) is 0 Å². The number of aromatic nitrogens is 3. The number of nitrogens with zero attached hydrogens (tertiary/aromatic N) is 3. The highest BCUT2D eigenvalue weighted by Gasteiger charge is 2.22. The maximum Gasteiger partial charge on any atom is 0.198 e. The van der Waals surface area contributed by atoms with Crippen LogP contribution >= 0.6 is 11.6 Å². The van der Waals surface area contributed by atoms with Crippen molar-refractivity contribution in [3.05, 3.63) is 65.3 Å². The SMILES string of the molecule is NNC(c1ccoc1Cl)c1cnnn1-c1ccccc1. The van der Waals surface area contributed by atoms with E-state index in [1.807, 2.05) is 30.3 Å². The van der Waals surface area contributed by atoms with Gasteiger partial charge in [0.05, 0.1) is 29.9 Å². The summed E-state index contributed by atoms with van der Waals surface area (Å²) in [5.74, 6) is 5.65. The average Bonchev–Trinajstić information content (AvgIpc) is 3.11. The first-order valence-electron chi connectivity index (χ1n) is 5.96. The molecule has 0 bridgehead atoms. The van der Waals surface area contributed by atoms with E-state index >= 15 is 0 Å². The lowest BCUT2D eigenvalue weighted by atomic mass is 10.1. The third-order valence-electron chi connectivity index (χ3n) is 3.00. The fourth-order valence-corrected chi connectivity index (χ4v) is 2.28. The molecule has 0 fully saturated rings. The highest BCUT2D eigenvalue weighted by molar-refractivity contribution is 6.29. The number of hydrazine groups is 1. The number of nitrogens with two attached hydrogens (primary N) is 1. The molecule has 1 atom stereocenters. The van der Waals surface area contributed by atoms with Gasteiger partial charge in [-0.05, 0) is 29.8 Å². The van der Waals surface area contributed by atoms with Crippen molar-refractivity contribution in [2.24, 2.45) is 5.84 Å². The van der Waals surface area contributed by atoms with E-state index in [-0.39, 0.29) is 11.3 Å². The van der Waals surface area contributed by atoms with Crippen LogP contribution in [-0.4, -0.2) is 15.0 Å². The van der Waals surface area contributed by atoms with Gasteiger partial charge in [-0.3, -0.25) is 5.84 Å². The smallest absolute Gasteiger partial charge is 0.198 e. The number of hydrogen-bond donors (Lipinski definition) is 2. The Morgan fingerprint density at radius 2 is 2.05 bits per heavy atom. The molecule has 3 N–H and O–H groups in total. The highest BCUT2D eigenvalue weighted by atomic mass is 35.5. The summed E-state index contributed by atoms with van der Waals surface area (Å²) in [6.45, 7) is 0. The van der Waals surface area contributed by atoms with Crippen LogP contribution in [0.5, 0.6) is 0 Å². The first kappa shape index (κ1) is 12.9. The Morgan fingerprint density at radius 3 is 2.70 bits per heavy atom. The van der Waals surface area contributed by atoms with Gasteiger partial charge in [-0.1, -0.05) is 23.4 Å². The third kappa shape index (κ3) is 2.20. The fourth-order valence-electron chi connectivity index (χ4n) is 2.05. The van der Waals surface area contributed by atoms with Gasteiger partial charge in [-0.2, -0.15) is 0 Å². The van der Waals surface area contributed by atoms with Crippen LogP contribution in [-0.2, 0) is 0 Å². The number of hydrogen-bond acceptors (Lipinski definition) is 5. The Morgan fingerprint density at radius 1 is 1.25 bits per heavy atom. The van der Waals surface area contributed by atoms with Crippen LogP contribution in [0.2, 0.25) is 5.22 Å². The maximum atomic E-state index is 6.02. The van der Waals surface area contributed by atoms with Gasteiger partial charge >= 0.3 is 0 Å². The van der Waals surface area contributed by atoms with Crippen molar-refractivity contribution >= 4 is 11.6 Å². The number of para-hydroxylation sites is 1. The van der Waals surface area contributed by atoms with Crippen molar-refractivity contribution in [3.8, 4) is 5.69 Å². The van der Waals surface area contributed by atoms with Gasteiger partial charge in [0.1, 0.15) is 0 Å². The zero-order valence-corrected chi connectivity index (χ0v) is 11.2. The molecule has 0 aliphatic heterocycles. The Labute approximate surface area is 120 Å². The molecule has 0 radical (unpaired) electrons. The molecule has 7 heteroatoms. The molecule has 0 aliphatic rings. The lowest BCUT2D eigenvalue weighted by Crippen LogP contribution is -2.30. The van der Waals surface area contributed by atoms with E-state index in [1.54, 1.807) is 16.9 Å². The molecule has 2 heterocycles. The average molecular weight is 290 g/mol. The Balaban J connectivity index is 2.07. The van der Waals surface area contributed by atoms with Crippen LogP contribution in [0.25, 0.3) is 5.69 Å². The van der Waals surface area contributed by atoms with Crippen LogP contribution < -0.4 is 11.3 Å². The molecule has 1 aromatic carbocycles. The van der Waals surface area contributed by atoms with Crippen molar-refractivity contribution in [1.29, 1.82) is 0 Å². The molecule has 1 unspecified atom stereocenters. The summed E-state index contributed by atoms with van der Waals surface area (Å²) in [5.41, 5.74) is 5.10. The number of halogens is 1. The lowest BCUT2D eigenvalue weighted by molar-refractivity contribution is 0.548. The second-order valence-electron chi connectivity index (χ2n) is 4.16. The van der Waals surface area contributed by atoms with Crippen LogP contribution in [0.1, 0.15) is 17.3 Å². The number of rotatable bonds is 4. The second kappa shape index (κ2) is 5.46. The van der Waals surface area contributed by atoms with Gasteiger partial charge in [-0.25, -0.2) is 10.1 Å². The van der Waals surface area contributed by atoms with Crippen molar-refractivity contribution < 1.29 is 4.42 Å². The monoisotopic (exact) mass is 289 g/mol. The summed E-state index contributed by atoms with van der Waals surface area (Å²) < 4.78 is 6.81. The molecule has 0 saturated carbocycles. The number of furan rings is 1. The van der Waals surface area contributed by atoms with Gasteiger partial charge in [-0.15, -0.1) is 5.10 Å². The first-order chi connectivity index (χ1) is 9.81. The minimum Gasteiger partial charge on any atom is -0.453 e. The minimum absolute atomic E-state index is 0.286. The zero-order valence-electron chi connectivity index (χ0n) is 10.4.